The van der Waals surface area contributed by atoms with Gasteiger partial charge >= 0.3 is 5.97 Å². The first kappa shape index (κ1) is 19.7. The van der Waals surface area contributed by atoms with E-state index in [1.165, 1.54) is 4.68 Å². The van der Waals surface area contributed by atoms with Gasteiger partial charge in [-0.3, -0.25) is 9.59 Å². The summed E-state index contributed by atoms with van der Waals surface area (Å²) in [5.74, 6) is 0.613. The Bertz CT molecular complexity index is 781. The predicted octanol–water partition coefficient (Wildman–Crippen LogP) is 2.88. The Hall–Kier alpha value is -2.63. The predicted molar refractivity (Wildman–Crippen MR) is 99.5 cm³/mol. The summed E-state index contributed by atoms with van der Waals surface area (Å²) in [5, 5.41) is 4.48. The maximum absolute atomic E-state index is 12.4. The Labute approximate surface area is 153 Å². The molecule has 0 radical (unpaired) electrons. The zero-order chi connectivity index (χ0) is 18.9. The van der Waals surface area contributed by atoms with Gasteiger partial charge in [0.25, 0.3) is 5.56 Å². The maximum Gasteiger partial charge on any atom is 0.305 e. The summed E-state index contributed by atoms with van der Waals surface area (Å²) in [6, 6.07) is 9.42. The van der Waals surface area contributed by atoms with Crippen LogP contribution < -0.4 is 10.3 Å². The highest BCUT2D eigenvalue weighted by atomic mass is 16.5. The van der Waals surface area contributed by atoms with E-state index < -0.39 is 0 Å². The molecule has 0 aliphatic carbocycles. The number of hydrogen-bond donors (Lipinski definition) is 0. The lowest BCUT2D eigenvalue weighted by Gasteiger charge is -2.10. The minimum absolute atomic E-state index is 0.0870. The Morgan fingerprint density at radius 3 is 2.58 bits per heavy atom. The first-order chi connectivity index (χ1) is 12.5. The van der Waals surface area contributed by atoms with Crippen molar-refractivity contribution in [2.45, 2.75) is 46.1 Å². The van der Waals surface area contributed by atoms with Crippen molar-refractivity contribution in [1.29, 1.82) is 0 Å². The number of carbonyl (C=O) groups is 1. The molecule has 0 N–H and O–H groups in total. The third-order valence-corrected chi connectivity index (χ3v) is 4.06. The van der Waals surface area contributed by atoms with Crippen molar-refractivity contribution in [2.24, 2.45) is 0 Å². The molecule has 0 bridgehead atoms. The van der Waals surface area contributed by atoms with E-state index in [9.17, 15) is 9.59 Å². The molecular weight excluding hydrogens is 332 g/mol. The van der Waals surface area contributed by atoms with Gasteiger partial charge in [-0.1, -0.05) is 12.1 Å². The third-order valence-electron chi connectivity index (χ3n) is 4.06. The van der Waals surface area contributed by atoms with Crippen LogP contribution in [0.3, 0.4) is 0 Å². The van der Waals surface area contributed by atoms with Crippen LogP contribution in [-0.2, 0) is 22.5 Å². The van der Waals surface area contributed by atoms with E-state index in [1.54, 1.807) is 21.0 Å². The lowest BCUT2D eigenvalue weighted by Crippen LogP contribution is -2.26. The van der Waals surface area contributed by atoms with Crippen molar-refractivity contribution < 1.29 is 14.3 Å². The van der Waals surface area contributed by atoms with Gasteiger partial charge in [-0.15, -0.1) is 0 Å². The van der Waals surface area contributed by atoms with Crippen LogP contribution in [0.25, 0.3) is 0 Å². The Morgan fingerprint density at radius 2 is 1.92 bits per heavy atom. The summed E-state index contributed by atoms with van der Waals surface area (Å²) in [6.07, 6.45) is 2.71. The molecule has 1 aromatic carbocycles. The van der Waals surface area contributed by atoms with Gasteiger partial charge in [-0.2, -0.15) is 5.10 Å². The quantitative estimate of drug-likeness (QED) is 0.509. The van der Waals surface area contributed by atoms with Crippen molar-refractivity contribution in [3.8, 4) is 5.75 Å². The molecule has 6 nitrogen and oxygen atoms in total. The molecule has 6 heteroatoms. The van der Waals surface area contributed by atoms with Crippen molar-refractivity contribution in [3.05, 3.63) is 57.5 Å². The number of methoxy groups -OCH3 is 1. The molecule has 0 spiro atoms. The van der Waals surface area contributed by atoms with Gasteiger partial charge in [0, 0.05) is 12.0 Å². The highest BCUT2D eigenvalue weighted by Gasteiger charge is 2.07. The second-order valence-electron chi connectivity index (χ2n) is 6.14. The van der Waals surface area contributed by atoms with Crippen LogP contribution in [0.4, 0.5) is 0 Å². The summed E-state index contributed by atoms with van der Waals surface area (Å²) in [4.78, 5) is 23.7. The number of aryl methyl sites for hydroxylation is 2. The molecule has 0 saturated heterocycles. The second-order valence-corrected chi connectivity index (χ2v) is 6.14. The average molecular weight is 358 g/mol. The van der Waals surface area contributed by atoms with Gasteiger partial charge in [0.15, 0.2) is 0 Å². The lowest BCUT2D eigenvalue weighted by molar-refractivity contribution is -0.143. The summed E-state index contributed by atoms with van der Waals surface area (Å²) < 4.78 is 11.6. The number of esters is 1. The molecule has 1 heterocycles. The highest BCUT2D eigenvalue weighted by Crippen LogP contribution is 2.12. The van der Waals surface area contributed by atoms with Crippen molar-refractivity contribution >= 4 is 5.97 Å². The number of rotatable bonds is 9. The molecule has 0 aliphatic heterocycles. The van der Waals surface area contributed by atoms with Crippen LogP contribution in [0.15, 0.2) is 35.1 Å². The number of carbonyl (C=O) groups excluding carboxylic acids is 1. The molecule has 0 fully saturated rings. The fourth-order valence-electron chi connectivity index (χ4n) is 2.69. The minimum Gasteiger partial charge on any atom is -0.497 e. The van der Waals surface area contributed by atoms with Gasteiger partial charge in [0.1, 0.15) is 5.75 Å². The Kier molecular flexibility index (Phi) is 7.38. The third kappa shape index (κ3) is 5.72. The van der Waals surface area contributed by atoms with E-state index in [4.69, 9.17) is 9.47 Å². The molecule has 0 aliphatic rings. The molecule has 0 unspecified atom stereocenters. The molecule has 0 amide bonds. The molecule has 26 heavy (non-hydrogen) atoms. The number of aromatic nitrogens is 2. The fourth-order valence-corrected chi connectivity index (χ4v) is 2.69. The zero-order valence-corrected chi connectivity index (χ0v) is 15.7. The topological polar surface area (TPSA) is 70.4 Å². The molecule has 0 saturated carbocycles. The minimum atomic E-state index is -0.166. The lowest BCUT2D eigenvalue weighted by atomic mass is 10.1. The van der Waals surface area contributed by atoms with Crippen LogP contribution in [0.2, 0.25) is 0 Å². The van der Waals surface area contributed by atoms with Gasteiger partial charge in [0.2, 0.25) is 0 Å². The smallest absolute Gasteiger partial charge is 0.305 e. The van der Waals surface area contributed by atoms with E-state index in [0.29, 0.717) is 25.1 Å². The molecule has 140 valence electrons. The average Bonchev–Trinajstić information content (AvgIpc) is 2.63. The highest BCUT2D eigenvalue weighted by molar-refractivity contribution is 5.69. The first-order valence-corrected chi connectivity index (χ1v) is 8.89. The molecule has 2 aromatic rings. The normalized spacial score (nSPS) is 10.6. The summed E-state index contributed by atoms with van der Waals surface area (Å²) >= 11 is 0. The second kappa shape index (κ2) is 9.75. The fraction of sp³-hybridized carbons (Fsp3) is 0.450. The number of hydrogen-bond acceptors (Lipinski definition) is 5. The maximum atomic E-state index is 12.4. The Balaban J connectivity index is 2.01. The monoisotopic (exact) mass is 358 g/mol. The largest absolute Gasteiger partial charge is 0.497 e. The SMILES string of the molecule is CCOC(=O)CCCCc1cc(C)c(=O)n(Cc2ccc(OC)cc2)n1. The Morgan fingerprint density at radius 1 is 1.19 bits per heavy atom. The number of unbranched alkanes of at least 4 members (excludes halogenated alkanes) is 1. The summed E-state index contributed by atoms with van der Waals surface area (Å²) in [7, 11) is 1.62. The van der Waals surface area contributed by atoms with Gasteiger partial charge < -0.3 is 9.47 Å². The molecule has 1 aromatic heterocycles. The van der Waals surface area contributed by atoms with Crippen LogP contribution >= 0.6 is 0 Å². The van der Waals surface area contributed by atoms with Crippen molar-refractivity contribution in [1.82, 2.24) is 9.78 Å². The van der Waals surface area contributed by atoms with Gasteiger partial charge in [-0.25, -0.2) is 4.68 Å². The van der Waals surface area contributed by atoms with Crippen LogP contribution in [-0.4, -0.2) is 29.5 Å². The summed E-state index contributed by atoms with van der Waals surface area (Å²) in [5.41, 5.74) is 2.43. The molecular formula is C20H26N2O4. The van der Waals surface area contributed by atoms with E-state index in [-0.39, 0.29) is 11.5 Å². The van der Waals surface area contributed by atoms with Crippen LogP contribution in [0, 0.1) is 6.92 Å². The van der Waals surface area contributed by atoms with Crippen LogP contribution in [0.1, 0.15) is 43.0 Å². The van der Waals surface area contributed by atoms with Gasteiger partial charge in [-0.05, 0) is 56.9 Å². The van der Waals surface area contributed by atoms with E-state index >= 15 is 0 Å². The van der Waals surface area contributed by atoms with E-state index in [2.05, 4.69) is 5.10 Å². The van der Waals surface area contributed by atoms with E-state index in [0.717, 1.165) is 36.3 Å². The zero-order valence-electron chi connectivity index (χ0n) is 15.7. The van der Waals surface area contributed by atoms with Gasteiger partial charge in [0.05, 0.1) is 26.0 Å². The van der Waals surface area contributed by atoms with Crippen LogP contribution in [0.5, 0.6) is 5.75 Å². The number of benzene rings is 1. The standard InChI is InChI=1S/C20H26N2O4/c1-4-26-19(23)8-6-5-7-17-13-15(2)20(24)22(21-17)14-16-9-11-18(25-3)12-10-16/h9-13H,4-8,14H2,1-3H3. The number of ether oxygens (including phenoxy) is 2. The van der Waals surface area contributed by atoms with E-state index in [1.807, 2.05) is 30.3 Å². The van der Waals surface area contributed by atoms with Crippen molar-refractivity contribution in [3.63, 3.8) is 0 Å². The summed E-state index contributed by atoms with van der Waals surface area (Å²) in [6.45, 7) is 4.43. The molecule has 2 rings (SSSR count). The number of nitrogens with zero attached hydrogens (tertiary/aromatic N) is 2. The van der Waals surface area contributed by atoms with Crippen molar-refractivity contribution in [2.75, 3.05) is 13.7 Å². The first-order valence-electron chi connectivity index (χ1n) is 8.89. The molecule has 0 atom stereocenters.